The fraction of sp³-hybridized carbons (Fsp3) is 0.250. The minimum atomic E-state index is -0.496. The number of amides is 1. The number of nitrogens with two attached hydrogens (primary N) is 1. The second-order valence-electron chi connectivity index (χ2n) is 9.72. The van der Waals surface area contributed by atoms with Crippen molar-refractivity contribution in [3.05, 3.63) is 80.3 Å². The van der Waals surface area contributed by atoms with Gasteiger partial charge in [0.2, 0.25) is 0 Å². The van der Waals surface area contributed by atoms with Crippen LogP contribution in [0.5, 0.6) is 0 Å². The molecule has 1 aliphatic rings. The Bertz CT molecular complexity index is 1780. The molecule has 1 saturated heterocycles. The van der Waals surface area contributed by atoms with E-state index in [0.717, 1.165) is 29.6 Å². The van der Waals surface area contributed by atoms with E-state index in [1.165, 1.54) is 6.33 Å². The quantitative estimate of drug-likeness (QED) is 0.282. The number of anilines is 1. The van der Waals surface area contributed by atoms with Crippen LogP contribution in [0.3, 0.4) is 0 Å². The molecule has 10 nitrogen and oxygen atoms in total. The molecule has 40 heavy (non-hydrogen) atoms. The molecule has 2 N–H and O–H groups in total. The molecule has 5 aromatic rings. The zero-order valence-corrected chi connectivity index (χ0v) is 24.8. The number of nitrogen functional groups attached to an aromatic ring is 1. The first-order valence-corrected chi connectivity index (χ1v) is 13.7. The summed E-state index contributed by atoms with van der Waals surface area (Å²) in [4.78, 5) is 38.8. The maximum absolute atomic E-state index is 13.1. The standard InChI is InChI=1S/C28H26IN7O3.ClH/c1-16(36-26-22(24(29)33-36)25(30)31-15-32-26)23-21(19-5-3-4-6-20(19)28(38)39-23)17-7-9-18(10-8-17)27(37)35-13-11-34(2)12-14-35;/h3-10,15-16H,11-14H2,1-2H3,(H2,30,31,32);1H. The number of likely N-dealkylation sites (N-methyl/N-ethyl adjacent to an activating group) is 1. The molecule has 0 aliphatic carbocycles. The Morgan fingerprint density at radius 1 is 1.02 bits per heavy atom. The molecule has 6 rings (SSSR count). The molecule has 0 saturated carbocycles. The summed E-state index contributed by atoms with van der Waals surface area (Å²) in [6.07, 6.45) is 1.40. The fourth-order valence-electron chi connectivity index (χ4n) is 5.12. The predicted octanol–water partition coefficient (Wildman–Crippen LogP) is 4.21. The molecule has 1 amide bonds. The van der Waals surface area contributed by atoms with Crippen molar-refractivity contribution in [2.75, 3.05) is 39.0 Å². The van der Waals surface area contributed by atoms with E-state index >= 15 is 0 Å². The highest BCUT2D eigenvalue weighted by atomic mass is 127. The summed E-state index contributed by atoms with van der Waals surface area (Å²) in [5, 5.41) is 6.56. The number of rotatable bonds is 4. The van der Waals surface area contributed by atoms with Crippen LogP contribution in [0.25, 0.3) is 32.9 Å². The summed E-state index contributed by atoms with van der Waals surface area (Å²) in [5.41, 5.74) is 8.44. The summed E-state index contributed by atoms with van der Waals surface area (Å²) in [5.74, 6) is 0.793. The summed E-state index contributed by atoms with van der Waals surface area (Å²) in [6.45, 7) is 5.04. The van der Waals surface area contributed by atoms with Gasteiger partial charge in [0.1, 0.15) is 27.6 Å². The van der Waals surface area contributed by atoms with E-state index in [1.54, 1.807) is 10.7 Å². The normalized spacial score (nSPS) is 14.8. The summed E-state index contributed by atoms with van der Waals surface area (Å²) >= 11 is 2.10. The number of hydrogen-bond donors (Lipinski definition) is 1. The number of halogens is 2. The van der Waals surface area contributed by atoms with Gasteiger partial charge in [0.15, 0.2) is 5.65 Å². The third kappa shape index (κ3) is 4.82. The Kier molecular flexibility index (Phi) is 7.80. The van der Waals surface area contributed by atoms with E-state index in [-0.39, 0.29) is 18.3 Å². The van der Waals surface area contributed by atoms with Crippen LogP contribution in [0, 0.1) is 3.70 Å². The number of nitrogens with zero attached hydrogens (tertiary/aromatic N) is 6. The van der Waals surface area contributed by atoms with Crippen LogP contribution < -0.4 is 11.4 Å². The van der Waals surface area contributed by atoms with Crippen molar-refractivity contribution in [3.63, 3.8) is 0 Å². The first-order chi connectivity index (χ1) is 18.8. The Morgan fingerprint density at radius 2 is 1.70 bits per heavy atom. The van der Waals surface area contributed by atoms with Crippen LogP contribution >= 0.6 is 35.0 Å². The molecule has 1 aliphatic heterocycles. The highest BCUT2D eigenvalue weighted by molar-refractivity contribution is 14.1. The monoisotopic (exact) mass is 671 g/mol. The lowest BCUT2D eigenvalue weighted by molar-refractivity contribution is 0.0664. The van der Waals surface area contributed by atoms with Crippen molar-refractivity contribution in [1.29, 1.82) is 0 Å². The highest BCUT2D eigenvalue weighted by Gasteiger charge is 2.26. The van der Waals surface area contributed by atoms with Gasteiger partial charge in [-0.05, 0) is 60.3 Å². The van der Waals surface area contributed by atoms with Crippen molar-refractivity contribution in [2.24, 2.45) is 0 Å². The van der Waals surface area contributed by atoms with Gasteiger partial charge in [-0.15, -0.1) is 12.4 Å². The highest BCUT2D eigenvalue weighted by Crippen LogP contribution is 2.37. The SMILES string of the molecule is CC(c1oc(=O)c2ccccc2c1-c1ccc(C(=O)N2CCN(C)CC2)cc1)n1nc(I)c2c(N)ncnc21.Cl. The Morgan fingerprint density at radius 3 is 2.40 bits per heavy atom. The maximum atomic E-state index is 13.1. The van der Waals surface area contributed by atoms with Crippen LogP contribution in [0.1, 0.15) is 29.1 Å². The molecule has 206 valence electrons. The van der Waals surface area contributed by atoms with Crippen LogP contribution in [-0.4, -0.2) is 68.7 Å². The summed E-state index contributed by atoms with van der Waals surface area (Å²) < 4.78 is 8.35. The Hall–Kier alpha value is -3.55. The van der Waals surface area contributed by atoms with Gasteiger partial charge in [-0.25, -0.2) is 19.4 Å². The number of carbonyl (C=O) groups excluding carboxylic acids is 1. The lowest BCUT2D eigenvalue weighted by atomic mass is 9.95. The minimum Gasteiger partial charge on any atom is -0.424 e. The lowest BCUT2D eigenvalue weighted by Crippen LogP contribution is -2.47. The first-order valence-electron chi connectivity index (χ1n) is 12.6. The van der Waals surface area contributed by atoms with E-state index < -0.39 is 11.7 Å². The van der Waals surface area contributed by atoms with Gasteiger partial charge in [0.25, 0.3) is 5.91 Å². The zero-order valence-electron chi connectivity index (χ0n) is 21.9. The number of aromatic nitrogens is 4. The molecule has 3 aromatic heterocycles. The predicted molar refractivity (Wildman–Crippen MR) is 165 cm³/mol. The van der Waals surface area contributed by atoms with Gasteiger partial charge < -0.3 is 20.0 Å². The van der Waals surface area contributed by atoms with E-state index in [9.17, 15) is 9.59 Å². The molecule has 0 radical (unpaired) electrons. The molecule has 1 atom stereocenters. The van der Waals surface area contributed by atoms with E-state index in [2.05, 4.69) is 49.6 Å². The van der Waals surface area contributed by atoms with Crippen molar-refractivity contribution >= 4 is 68.5 Å². The van der Waals surface area contributed by atoms with E-state index in [4.69, 9.17) is 10.2 Å². The van der Waals surface area contributed by atoms with E-state index in [1.807, 2.05) is 54.3 Å². The van der Waals surface area contributed by atoms with Gasteiger partial charge in [-0.2, -0.15) is 5.10 Å². The van der Waals surface area contributed by atoms with Crippen molar-refractivity contribution in [3.8, 4) is 11.1 Å². The van der Waals surface area contributed by atoms with E-state index in [0.29, 0.717) is 50.4 Å². The molecular weight excluding hydrogens is 645 g/mol. The largest absolute Gasteiger partial charge is 0.424 e. The number of benzene rings is 2. The van der Waals surface area contributed by atoms with Gasteiger partial charge in [-0.3, -0.25) is 4.79 Å². The molecule has 0 bridgehead atoms. The number of fused-ring (bicyclic) bond motifs is 2. The summed E-state index contributed by atoms with van der Waals surface area (Å²) in [6, 6.07) is 14.4. The average Bonchev–Trinajstić information content (AvgIpc) is 3.30. The van der Waals surface area contributed by atoms with Crippen LogP contribution in [0.4, 0.5) is 5.82 Å². The Balaban J connectivity index is 0.00000323. The number of hydrogen-bond acceptors (Lipinski definition) is 8. The molecule has 12 heteroatoms. The third-order valence-electron chi connectivity index (χ3n) is 7.30. The van der Waals surface area contributed by atoms with Crippen molar-refractivity contribution in [2.45, 2.75) is 13.0 Å². The molecule has 4 heterocycles. The topological polar surface area (TPSA) is 123 Å². The van der Waals surface area contributed by atoms with Crippen molar-refractivity contribution < 1.29 is 9.21 Å². The van der Waals surface area contributed by atoms with Gasteiger partial charge in [0.05, 0.1) is 10.8 Å². The fourth-order valence-corrected chi connectivity index (χ4v) is 5.87. The van der Waals surface area contributed by atoms with Gasteiger partial charge in [0, 0.05) is 42.7 Å². The lowest BCUT2D eigenvalue weighted by Gasteiger charge is -2.32. The second-order valence-corrected chi connectivity index (χ2v) is 10.7. The number of piperazine rings is 1. The van der Waals surface area contributed by atoms with Gasteiger partial charge in [-0.1, -0.05) is 30.3 Å². The third-order valence-corrected chi connectivity index (χ3v) is 8.05. The van der Waals surface area contributed by atoms with Crippen LogP contribution in [0.2, 0.25) is 0 Å². The zero-order chi connectivity index (χ0) is 27.3. The molecule has 1 fully saturated rings. The van der Waals surface area contributed by atoms with Crippen molar-refractivity contribution in [1.82, 2.24) is 29.5 Å². The average molecular weight is 672 g/mol. The van der Waals surface area contributed by atoms with Crippen LogP contribution in [-0.2, 0) is 0 Å². The smallest absolute Gasteiger partial charge is 0.343 e. The minimum absolute atomic E-state index is 0. The van der Waals surface area contributed by atoms with Gasteiger partial charge >= 0.3 is 5.63 Å². The Labute approximate surface area is 249 Å². The van der Waals surface area contributed by atoms with Crippen LogP contribution in [0.15, 0.2) is 64.1 Å². The second kappa shape index (κ2) is 11.1. The summed E-state index contributed by atoms with van der Waals surface area (Å²) in [7, 11) is 2.06. The molecular formula is C28H27ClIN7O3. The first kappa shape index (κ1) is 28.0. The molecule has 2 aromatic carbocycles. The molecule has 1 unspecified atom stereocenters. The number of carbonyl (C=O) groups is 1. The maximum Gasteiger partial charge on any atom is 0.343 e. The molecule has 0 spiro atoms.